The molecule has 0 aromatic heterocycles. The van der Waals surface area contributed by atoms with Crippen LogP contribution in [-0.4, -0.2) is 22.6 Å². The normalized spacial score (nSPS) is 39.4. The van der Waals surface area contributed by atoms with Gasteiger partial charge in [0.1, 0.15) is 0 Å². The average Bonchev–Trinajstić information content (AvgIpc) is 3.01. The van der Waals surface area contributed by atoms with Crippen LogP contribution >= 0.6 is 15.9 Å². The fourth-order valence-corrected chi connectivity index (χ4v) is 7.02. The van der Waals surface area contributed by atoms with Crippen LogP contribution in [0.25, 0.3) is 0 Å². The SMILES string of the molecule is C[C@H]1Cc2ccccc2N1C(=O)[C@@]12CC[C@@](C)(C(=O)[C@@H]1Br)C2(C)C. The molecule has 3 nitrogen and oxygen atoms in total. The van der Waals surface area contributed by atoms with Crippen LogP contribution in [0.4, 0.5) is 5.69 Å². The van der Waals surface area contributed by atoms with E-state index in [1.54, 1.807) is 0 Å². The van der Waals surface area contributed by atoms with E-state index in [9.17, 15) is 9.59 Å². The summed E-state index contributed by atoms with van der Waals surface area (Å²) in [5.41, 5.74) is 0.834. The van der Waals surface area contributed by atoms with E-state index in [0.29, 0.717) is 0 Å². The molecule has 0 spiro atoms. The summed E-state index contributed by atoms with van der Waals surface area (Å²) in [6.07, 6.45) is 2.47. The van der Waals surface area contributed by atoms with E-state index < -0.39 is 10.8 Å². The standard InChI is InChI=1S/C20H24BrNO2/c1-12-11-13-7-5-6-8-14(13)22(12)17(24)20-10-9-19(4,18(20,2)3)16(23)15(20)21/h5-8,12,15H,9-11H2,1-4H3/t12-,15-,19-,20+/m0/s1. The maximum atomic E-state index is 13.9. The minimum atomic E-state index is -0.648. The Bertz CT molecular complexity index is 758. The third-order valence-electron chi connectivity index (χ3n) is 7.53. The van der Waals surface area contributed by atoms with Gasteiger partial charge in [0.25, 0.3) is 0 Å². The number of hydrogen-bond donors (Lipinski definition) is 0. The first-order valence-electron chi connectivity index (χ1n) is 8.78. The van der Waals surface area contributed by atoms with Gasteiger partial charge >= 0.3 is 0 Å². The minimum Gasteiger partial charge on any atom is -0.308 e. The van der Waals surface area contributed by atoms with Crippen LogP contribution in [0, 0.1) is 16.2 Å². The van der Waals surface area contributed by atoms with E-state index in [4.69, 9.17) is 0 Å². The number of anilines is 1. The Labute approximate surface area is 151 Å². The van der Waals surface area contributed by atoms with Gasteiger partial charge in [-0.05, 0) is 43.2 Å². The summed E-state index contributed by atoms with van der Waals surface area (Å²) in [5, 5.41) is 0. The monoisotopic (exact) mass is 389 g/mol. The van der Waals surface area contributed by atoms with Gasteiger partial charge in [-0.3, -0.25) is 9.59 Å². The Morgan fingerprint density at radius 2 is 1.88 bits per heavy atom. The second-order valence-electron chi connectivity index (χ2n) is 8.51. The van der Waals surface area contributed by atoms with Crippen LogP contribution in [0.2, 0.25) is 0 Å². The van der Waals surface area contributed by atoms with E-state index in [-0.39, 0.29) is 28.0 Å². The lowest BCUT2D eigenvalue weighted by Gasteiger charge is -2.43. The Kier molecular flexibility index (Phi) is 3.21. The van der Waals surface area contributed by atoms with Crippen molar-refractivity contribution >= 4 is 33.3 Å². The lowest BCUT2D eigenvalue weighted by molar-refractivity contribution is -0.133. The predicted octanol–water partition coefficient (Wildman–Crippen LogP) is 4.12. The quantitative estimate of drug-likeness (QED) is 0.677. The van der Waals surface area contributed by atoms with Crippen molar-refractivity contribution in [1.82, 2.24) is 0 Å². The van der Waals surface area contributed by atoms with Crippen LogP contribution in [0.15, 0.2) is 24.3 Å². The molecule has 0 N–H and O–H groups in total. The topological polar surface area (TPSA) is 37.4 Å². The Morgan fingerprint density at radius 3 is 2.50 bits per heavy atom. The third kappa shape index (κ3) is 1.55. The second-order valence-corrected chi connectivity index (χ2v) is 9.43. The molecule has 4 atom stereocenters. The van der Waals surface area contributed by atoms with Gasteiger partial charge in [0.15, 0.2) is 5.78 Å². The molecule has 2 aliphatic carbocycles. The summed E-state index contributed by atoms with van der Waals surface area (Å²) in [6.45, 7) is 8.39. The molecule has 2 bridgehead atoms. The van der Waals surface area contributed by atoms with Gasteiger partial charge in [0.05, 0.1) is 10.2 Å². The number of nitrogens with zero attached hydrogens (tertiary/aromatic N) is 1. The Morgan fingerprint density at radius 1 is 1.21 bits per heavy atom. The zero-order valence-electron chi connectivity index (χ0n) is 14.7. The van der Waals surface area contributed by atoms with Gasteiger partial charge in [-0.2, -0.15) is 0 Å². The maximum Gasteiger partial charge on any atom is 0.235 e. The van der Waals surface area contributed by atoms with Crippen molar-refractivity contribution < 1.29 is 9.59 Å². The van der Waals surface area contributed by atoms with E-state index in [1.807, 2.05) is 30.0 Å². The molecule has 1 aromatic carbocycles. The van der Waals surface area contributed by atoms with Gasteiger partial charge in [-0.15, -0.1) is 0 Å². The molecule has 0 unspecified atom stereocenters. The first-order valence-corrected chi connectivity index (χ1v) is 9.70. The largest absolute Gasteiger partial charge is 0.308 e. The van der Waals surface area contributed by atoms with E-state index in [2.05, 4.69) is 42.8 Å². The first-order chi connectivity index (χ1) is 11.2. The lowest BCUT2D eigenvalue weighted by Crippen LogP contribution is -2.54. The number of carbonyl (C=O) groups is 2. The summed E-state index contributed by atoms with van der Waals surface area (Å²) in [7, 11) is 0. The highest BCUT2D eigenvalue weighted by Gasteiger charge is 2.77. The molecule has 1 amide bonds. The molecule has 0 radical (unpaired) electrons. The van der Waals surface area contributed by atoms with Crippen LogP contribution in [0.1, 0.15) is 46.1 Å². The van der Waals surface area contributed by atoms with Crippen molar-refractivity contribution in [1.29, 1.82) is 0 Å². The highest BCUT2D eigenvalue weighted by molar-refractivity contribution is 9.10. The van der Waals surface area contributed by atoms with Crippen LogP contribution < -0.4 is 4.90 Å². The van der Waals surface area contributed by atoms with Gasteiger partial charge in [0, 0.05) is 17.1 Å². The molecule has 24 heavy (non-hydrogen) atoms. The minimum absolute atomic E-state index is 0.126. The van der Waals surface area contributed by atoms with Crippen LogP contribution in [0.3, 0.4) is 0 Å². The summed E-state index contributed by atoms with van der Waals surface area (Å²) in [4.78, 5) is 28.4. The molecule has 4 rings (SSSR count). The first kappa shape index (κ1) is 16.3. The summed E-state index contributed by atoms with van der Waals surface area (Å²) >= 11 is 3.64. The molecule has 1 aliphatic heterocycles. The molecule has 0 saturated heterocycles. The number of amides is 1. The highest BCUT2D eigenvalue weighted by atomic mass is 79.9. The van der Waals surface area contributed by atoms with Crippen molar-refractivity contribution in [2.24, 2.45) is 16.2 Å². The fraction of sp³-hybridized carbons (Fsp3) is 0.600. The molecule has 1 heterocycles. The number of hydrogen-bond acceptors (Lipinski definition) is 2. The van der Waals surface area contributed by atoms with E-state index in [0.717, 1.165) is 24.9 Å². The molecule has 2 saturated carbocycles. The second kappa shape index (κ2) is 4.72. The van der Waals surface area contributed by atoms with Crippen molar-refractivity contribution in [3.05, 3.63) is 29.8 Å². The highest BCUT2D eigenvalue weighted by Crippen LogP contribution is 2.72. The van der Waals surface area contributed by atoms with E-state index >= 15 is 0 Å². The Balaban J connectivity index is 1.85. The zero-order chi connectivity index (χ0) is 17.5. The number of fused-ring (bicyclic) bond motifs is 3. The summed E-state index contributed by atoms with van der Waals surface area (Å²) in [6, 6.07) is 8.30. The molecule has 128 valence electrons. The lowest BCUT2D eigenvalue weighted by atomic mass is 9.64. The van der Waals surface area contributed by atoms with Crippen molar-refractivity contribution in [2.75, 3.05) is 4.90 Å². The number of carbonyl (C=O) groups excluding carboxylic acids is 2. The number of benzene rings is 1. The molecule has 3 aliphatic rings. The number of Topliss-reactive ketones (excluding diaryl/α,β-unsaturated/α-hetero) is 1. The summed E-state index contributed by atoms with van der Waals surface area (Å²) in [5.74, 6) is 0.327. The van der Waals surface area contributed by atoms with E-state index in [1.165, 1.54) is 5.56 Å². The average molecular weight is 390 g/mol. The van der Waals surface area contributed by atoms with Gasteiger partial charge in [-0.1, -0.05) is 54.9 Å². The molecule has 2 fully saturated rings. The molecule has 1 aromatic rings. The maximum absolute atomic E-state index is 13.9. The molecular weight excluding hydrogens is 366 g/mol. The third-order valence-corrected chi connectivity index (χ3v) is 8.73. The van der Waals surface area contributed by atoms with Crippen molar-refractivity contribution in [3.8, 4) is 0 Å². The Hall–Kier alpha value is -1.16. The van der Waals surface area contributed by atoms with Gasteiger partial charge in [0.2, 0.25) is 5.91 Å². The predicted molar refractivity (Wildman–Crippen MR) is 98.4 cm³/mol. The van der Waals surface area contributed by atoms with Crippen LogP contribution in [-0.2, 0) is 16.0 Å². The fourth-order valence-electron chi connectivity index (χ4n) is 5.52. The van der Waals surface area contributed by atoms with Crippen LogP contribution in [0.5, 0.6) is 0 Å². The van der Waals surface area contributed by atoms with Gasteiger partial charge < -0.3 is 4.90 Å². The number of alkyl halides is 1. The summed E-state index contributed by atoms with van der Waals surface area (Å²) < 4.78 is 0. The number of para-hydroxylation sites is 1. The number of ketones is 1. The van der Waals surface area contributed by atoms with Crippen molar-refractivity contribution in [2.45, 2.75) is 57.8 Å². The zero-order valence-corrected chi connectivity index (χ0v) is 16.3. The van der Waals surface area contributed by atoms with Gasteiger partial charge in [-0.25, -0.2) is 0 Å². The number of rotatable bonds is 1. The van der Waals surface area contributed by atoms with Crippen molar-refractivity contribution in [3.63, 3.8) is 0 Å². The number of halogens is 1. The smallest absolute Gasteiger partial charge is 0.235 e. The molecule has 4 heteroatoms. The molecular formula is C20H24BrNO2.